The van der Waals surface area contributed by atoms with E-state index in [1.165, 1.54) is 0 Å². The number of pyridine rings is 1. The van der Waals surface area contributed by atoms with E-state index in [1.54, 1.807) is 6.20 Å². The van der Waals surface area contributed by atoms with Gasteiger partial charge in [0.15, 0.2) is 0 Å². The van der Waals surface area contributed by atoms with Crippen molar-refractivity contribution in [3.63, 3.8) is 0 Å². The van der Waals surface area contributed by atoms with Crippen LogP contribution in [0.1, 0.15) is 37.0 Å². The molecule has 0 atom stereocenters. The molecule has 0 radical (unpaired) electrons. The van der Waals surface area contributed by atoms with Gasteiger partial charge in [0.25, 0.3) is 0 Å². The van der Waals surface area contributed by atoms with Gasteiger partial charge in [0.2, 0.25) is 0 Å². The summed E-state index contributed by atoms with van der Waals surface area (Å²) < 4.78 is 0. The molecule has 0 aromatic carbocycles. The molecule has 0 aliphatic rings. The smallest absolute Gasteiger partial charge is 0.136 e. The van der Waals surface area contributed by atoms with Crippen LogP contribution in [0.25, 0.3) is 0 Å². The topological polar surface area (TPSA) is 38.7 Å². The summed E-state index contributed by atoms with van der Waals surface area (Å²) in [6.07, 6.45) is 2.38. The van der Waals surface area contributed by atoms with Gasteiger partial charge >= 0.3 is 0 Å². The minimum absolute atomic E-state index is 0.345. The predicted octanol–water partition coefficient (Wildman–Crippen LogP) is 3.24. The molecule has 0 saturated heterocycles. The third kappa shape index (κ3) is 3.24. The van der Waals surface area contributed by atoms with Gasteiger partial charge < -0.3 is 0 Å². The maximum atomic E-state index is 5.99. The number of rotatable bonds is 3. The first-order valence-electron chi connectivity index (χ1n) is 5.58. The zero-order valence-corrected chi connectivity index (χ0v) is 10.6. The Balaban J connectivity index is 2.27. The summed E-state index contributed by atoms with van der Waals surface area (Å²) in [6.45, 7) is 4.17. The maximum absolute atomic E-state index is 5.99. The predicted molar refractivity (Wildman–Crippen MR) is 68.2 cm³/mol. The van der Waals surface area contributed by atoms with Crippen LogP contribution in [-0.2, 0) is 6.42 Å². The summed E-state index contributed by atoms with van der Waals surface area (Å²) in [5, 5.41) is 0.495. The number of nitrogens with zero attached hydrogens (tertiary/aromatic N) is 3. The van der Waals surface area contributed by atoms with Gasteiger partial charge in [-0.15, -0.1) is 0 Å². The van der Waals surface area contributed by atoms with E-state index in [4.69, 9.17) is 11.6 Å². The number of halogens is 1. The average Bonchev–Trinajstić information content (AvgIpc) is 2.29. The van der Waals surface area contributed by atoms with E-state index >= 15 is 0 Å². The molecule has 0 N–H and O–H groups in total. The molecule has 0 spiro atoms. The molecule has 0 amide bonds. The Bertz CT molecular complexity index is 497. The summed E-state index contributed by atoms with van der Waals surface area (Å²) >= 11 is 5.99. The van der Waals surface area contributed by atoms with Crippen LogP contribution in [0.5, 0.6) is 0 Å². The monoisotopic (exact) mass is 247 g/mol. The van der Waals surface area contributed by atoms with Crippen molar-refractivity contribution in [2.45, 2.75) is 26.2 Å². The third-order valence-electron chi connectivity index (χ3n) is 2.42. The molecule has 0 fully saturated rings. The average molecular weight is 248 g/mol. The van der Waals surface area contributed by atoms with E-state index in [9.17, 15) is 0 Å². The highest BCUT2D eigenvalue weighted by Gasteiger charge is 2.07. The molecule has 0 aliphatic carbocycles. The lowest BCUT2D eigenvalue weighted by Gasteiger charge is -2.07. The van der Waals surface area contributed by atoms with E-state index in [-0.39, 0.29) is 0 Å². The Hall–Kier alpha value is -1.48. The van der Waals surface area contributed by atoms with Crippen molar-refractivity contribution in [3.8, 4) is 0 Å². The number of hydrogen-bond acceptors (Lipinski definition) is 3. The normalized spacial score (nSPS) is 10.8. The molecule has 0 saturated carbocycles. The first kappa shape index (κ1) is 12.0. The molecular formula is C13H14ClN3. The van der Waals surface area contributed by atoms with Gasteiger partial charge in [-0.3, -0.25) is 4.98 Å². The molecule has 3 nitrogen and oxygen atoms in total. The van der Waals surface area contributed by atoms with Crippen LogP contribution in [0.15, 0.2) is 30.5 Å². The van der Waals surface area contributed by atoms with E-state index < -0.39 is 0 Å². The van der Waals surface area contributed by atoms with Crippen molar-refractivity contribution < 1.29 is 0 Å². The summed E-state index contributed by atoms with van der Waals surface area (Å²) in [7, 11) is 0. The molecule has 2 heterocycles. The van der Waals surface area contributed by atoms with Gasteiger partial charge in [0.1, 0.15) is 11.0 Å². The van der Waals surface area contributed by atoms with Crippen LogP contribution in [0, 0.1) is 0 Å². The van der Waals surface area contributed by atoms with Crippen LogP contribution in [0.3, 0.4) is 0 Å². The molecule has 0 bridgehead atoms. The van der Waals surface area contributed by atoms with Gasteiger partial charge in [0.05, 0.1) is 6.42 Å². The van der Waals surface area contributed by atoms with Gasteiger partial charge in [-0.1, -0.05) is 31.5 Å². The largest absolute Gasteiger partial charge is 0.261 e. The Labute approximate surface area is 106 Å². The Morgan fingerprint density at radius 1 is 1.24 bits per heavy atom. The fourth-order valence-corrected chi connectivity index (χ4v) is 1.73. The zero-order valence-electron chi connectivity index (χ0n) is 9.89. The van der Waals surface area contributed by atoms with E-state index in [0.717, 1.165) is 17.2 Å². The first-order valence-corrected chi connectivity index (χ1v) is 5.96. The van der Waals surface area contributed by atoms with Crippen molar-refractivity contribution in [3.05, 3.63) is 52.8 Å². The van der Waals surface area contributed by atoms with E-state index in [1.807, 2.05) is 24.3 Å². The van der Waals surface area contributed by atoms with E-state index in [2.05, 4.69) is 28.8 Å². The lowest BCUT2D eigenvalue weighted by Crippen LogP contribution is -2.03. The fourth-order valence-electron chi connectivity index (χ4n) is 1.52. The Morgan fingerprint density at radius 3 is 2.71 bits per heavy atom. The zero-order chi connectivity index (χ0) is 12.3. The van der Waals surface area contributed by atoms with Crippen molar-refractivity contribution >= 4 is 11.6 Å². The minimum atomic E-state index is 0.345. The van der Waals surface area contributed by atoms with Gasteiger partial charge in [-0.05, 0) is 24.1 Å². The molecule has 88 valence electrons. The second-order valence-electron chi connectivity index (χ2n) is 4.18. The van der Waals surface area contributed by atoms with Gasteiger partial charge in [-0.2, -0.15) is 0 Å². The highest BCUT2D eigenvalue weighted by molar-refractivity contribution is 6.29. The van der Waals surface area contributed by atoms with Crippen molar-refractivity contribution in [2.24, 2.45) is 0 Å². The summed E-state index contributed by atoms with van der Waals surface area (Å²) in [5.41, 5.74) is 1.92. The number of aromatic nitrogens is 3. The van der Waals surface area contributed by atoms with Crippen molar-refractivity contribution in [1.82, 2.24) is 15.0 Å². The van der Waals surface area contributed by atoms with Gasteiger partial charge in [0, 0.05) is 17.6 Å². The lowest BCUT2D eigenvalue weighted by atomic mass is 10.1. The first-order chi connectivity index (χ1) is 8.15. The van der Waals surface area contributed by atoms with E-state index in [0.29, 0.717) is 17.5 Å². The van der Waals surface area contributed by atoms with Crippen LogP contribution in [-0.4, -0.2) is 15.0 Å². The van der Waals surface area contributed by atoms with Crippen molar-refractivity contribution in [2.75, 3.05) is 0 Å². The quantitative estimate of drug-likeness (QED) is 0.782. The second kappa shape index (κ2) is 5.23. The molecule has 2 aromatic rings. The standard InChI is InChI=1S/C13H14ClN3/c1-9(2)11-8-12(14)17-13(16-11)7-10-5-3-4-6-15-10/h3-6,8-9H,7H2,1-2H3. The third-order valence-corrected chi connectivity index (χ3v) is 2.61. The number of hydrogen-bond donors (Lipinski definition) is 0. The fraction of sp³-hybridized carbons (Fsp3) is 0.308. The molecule has 2 rings (SSSR count). The van der Waals surface area contributed by atoms with Crippen molar-refractivity contribution in [1.29, 1.82) is 0 Å². The second-order valence-corrected chi connectivity index (χ2v) is 4.57. The SMILES string of the molecule is CC(C)c1cc(Cl)nc(Cc2ccccn2)n1. The molecular weight excluding hydrogens is 234 g/mol. The lowest BCUT2D eigenvalue weighted by molar-refractivity contribution is 0.788. The minimum Gasteiger partial charge on any atom is -0.261 e. The van der Waals surface area contributed by atoms with Crippen LogP contribution >= 0.6 is 11.6 Å². The highest BCUT2D eigenvalue weighted by atomic mass is 35.5. The molecule has 4 heteroatoms. The molecule has 0 unspecified atom stereocenters. The summed E-state index contributed by atoms with van der Waals surface area (Å²) in [5.74, 6) is 1.07. The summed E-state index contributed by atoms with van der Waals surface area (Å²) in [4.78, 5) is 13.0. The van der Waals surface area contributed by atoms with Crippen LogP contribution in [0.4, 0.5) is 0 Å². The molecule has 17 heavy (non-hydrogen) atoms. The Morgan fingerprint density at radius 2 is 2.06 bits per heavy atom. The molecule has 2 aromatic heterocycles. The summed E-state index contributed by atoms with van der Waals surface area (Å²) in [6, 6.07) is 7.62. The highest BCUT2D eigenvalue weighted by Crippen LogP contribution is 2.16. The maximum Gasteiger partial charge on any atom is 0.136 e. The van der Waals surface area contributed by atoms with Gasteiger partial charge in [-0.25, -0.2) is 9.97 Å². The van der Waals surface area contributed by atoms with Crippen LogP contribution < -0.4 is 0 Å². The van der Waals surface area contributed by atoms with Crippen LogP contribution in [0.2, 0.25) is 5.15 Å². The molecule has 0 aliphatic heterocycles. The Kier molecular flexibility index (Phi) is 3.69.